The first kappa shape index (κ1) is 19.5. The molecule has 33 heavy (non-hydrogen) atoms. The van der Waals surface area contributed by atoms with E-state index >= 15 is 0 Å². The molecule has 2 aliphatic rings. The van der Waals surface area contributed by atoms with Crippen LogP contribution < -0.4 is 15.4 Å². The second kappa shape index (κ2) is 7.45. The molecule has 0 unspecified atom stereocenters. The van der Waals surface area contributed by atoms with Gasteiger partial charge in [-0.2, -0.15) is 0 Å². The summed E-state index contributed by atoms with van der Waals surface area (Å²) >= 11 is 0. The van der Waals surface area contributed by atoms with Gasteiger partial charge in [-0.25, -0.2) is 0 Å². The van der Waals surface area contributed by atoms with E-state index in [1.165, 1.54) is 5.56 Å². The number of rotatable bonds is 4. The first-order valence-corrected chi connectivity index (χ1v) is 10.9. The fraction of sp³-hybridized carbons (Fsp3) is 0.148. The van der Waals surface area contributed by atoms with E-state index in [1.807, 2.05) is 54.7 Å². The average molecular weight is 437 g/mol. The van der Waals surface area contributed by atoms with Gasteiger partial charge < -0.3 is 25.1 Å². The Hall–Kier alpha value is -4.19. The van der Waals surface area contributed by atoms with Gasteiger partial charge in [0.15, 0.2) is 6.10 Å². The minimum absolute atomic E-state index is 0.0896. The normalized spacial score (nSPS) is 16.7. The lowest BCUT2D eigenvalue weighted by Crippen LogP contribution is -2.18. The third-order valence-corrected chi connectivity index (χ3v) is 6.30. The van der Waals surface area contributed by atoms with Crippen molar-refractivity contribution in [3.63, 3.8) is 0 Å². The molecule has 0 saturated carbocycles. The standard InChI is InChI=1S/C27H23N3O3/c1-15-10-22-23(11-16(15)2)30-27-24(29-22)25(31)26(33-27)20-13-28-21-9-8-17(12-19(20)21)14-32-18-6-4-3-5-7-18/h3-13,26,28-30H,14H2,1-2H3/t26-/m0/s1. The number of aromatic nitrogens is 1. The number of anilines is 2. The van der Waals surface area contributed by atoms with Crippen molar-refractivity contribution in [3.8, 4) is 5.75 Å². The molecule has 164 valence electrons. The molecule has 3 heterocycles. The number of aryl methyl sites for hydroxylation is 2. The molecule has 6 nitrogen and oxygen atoms in total. The number of nitrogens with one attached hydrogen (secondary N) is 3. The van der Waals surface area contributed by atoms with E-state index in [0.29, 0.717) is 18.2 Å². The first-order chi connectivity index (χ1) is 16.1. The summed E-state index contributed by atoms with van der Waals surface area (Å²) < 4.78 is 12.0. The molecule has 6 heteroatoms. The van der Waals surface area contributed by atoms with Gasteiger partial charge in [-0.1, -0.05) is 24.3 Å². The molecule has 3 aromatic carbocycles. The zero-order valence-corrected chi connectivity index (χ0v) is 18.4. The van der Waals surface area contributed by atoms with Gasteiger partial charge in [0.25, 0.3) is 0 Å². The van der Waals surface area contributed by atoms with Crippen LogP contribution >= 0.6 is 0 Å². The van der Waals surface area contributed by atoms with Crippen molar-refractivity contribution in [2.75, 3.05) is 10.6 Å². The molecule has 4 aromatic rings. The topological polar surface area (TPSA) is 75.4 Å². The molecule has 3 N–H and O–H groups in total. The van der Waals surface area contributed by atoms with Crippen LogP contribution in [0, 0.1) is 13.8 Å². The van der Waals surface area contributed by atoms with Gasteiger partial charge in [0.2, 0.25) is 11.7 Å². The molecule has 0 radical (unpaired) electrons. The average Bonchev–Trinajstić information content (AvgIpc) is 3.38. The number of carbonyl (C=O) groups is 1. The summed E-state index contributed by atoms with van der Waals surface area (Å²) in [5, 5.41) is 7.52. The minimum Gasteiger partial charge on any atom is -0.489 e. The van der Waals surface area contributed by atoms with Gasteiger partial charge in [-0.15, -0.1) is 0 Å². The fourth-order valence-electron chi connectivity index (χ4n) is 4.35. The lowest BCUT2D eigenvalue weighted by atomic mass is 10.0. The molecule has 0 saturated heterocycles. The van der Waals surface area contributed by atoms with Gasteiger partial charge in [0, 0.05) is 22.7 Å². The van der Waals surface area contributed by atoms with Gasteiger partial charge in [-0.3, -0.25) is 4.79 Å². The van der Waals surface area contributed by atoms with Crippen molar-refractivity contribution in [1.82, 2.24) is 4.98 Å². The van der Waals surface area contributed by atoms with E-state index < -0.39 is 6.10 Å². The molecule has 1 aromatic heterocycles. The van der Waals surface area contributed by atoms with E-state index in [4.69, 9.17) is 9.47 Å². The summed E-state index contributed by atoms with van der Waals surface area (Å²) in [7, 11) is 0. The highest BCUT2D eigenvalue weighted by Crippen LogP contribution is 2.42. The number of ether oxygens (including phenoxy) is 2. The third-order valence-electron chi connectivity index (χ3n) is 6.30. The summed E-state index contributed by atoms with van der Waals surface area (Å²) in [5.41, 5.74) is 7.37. The maximum Gasteiger partial charge on any atom is 0.229 e. The second-order valence-electron chi connectivity index (χ2n) is 8.52. The smallest absolute Gasteiger partial charge is 0.229 e. The minimum atomic E-state index is -0.717. The van der Waals surface area contributed by atoms with Crippen LogP contribution in [-0.4, -0.2) is 10.8 Å². The highest BCUT2D eigenvalue weighted by molar-refractivity contribution is 6.08. The van der Waals surface area contributed by atoms with Crippen LogP contribution in [0.25, 0.3) is 10.9 Å². The number of aromatic amines is 1. The number of H-pyrrole nitrogens is 1. The Morgan fingerprint density at radius 1 is 0.939 bits per heavy atom. The largest absolute Gasteiger partial charge is 0.489 e. The predicted molar refractivity (Wildman–Crippen MR) is 128 cm³/mol. The van der Waals surface area contributed by atoms with E-state index in [0.717, 1.165) is 44.7 Å². The quantitative estimate of drug-likeness (QED) is 0.381. The van der Waals surface area contributed by atoms with Crippen LogP contribution in [0.5, 0.6) is 5.75 Å². The van der Waals surface area contributed by atoms with Crippen molar-refractivity contribution in [2.45, 2.75) is 26.6 Å². The van der Waals surface area contributed by atoms with Crippen LogP contribution in [0.1, 0.15) is 28.4 Å². The molecule has 6 rings (SSSR count). The summed E-state index contributed by atoms with van der Waals surface area (Å²) in [4.78, 5) is 16.6. The number of fused-ring (bicyclic) bond motifs is 2. The summed E-state index contributed by atoms with van der Waals surface area (Å²) in [6, 6.07) is 19.9. The Labute approximate surface area is 191 Å². The Kier molecular flexibility index (Phi) is 4.40. The number of carbonyl (C=O) groups excluding carboxylic acids is 1. The van der Waals surface area contributed by atoms with Crippen molar-refractivity contribution >= 4 is 28.1 Å². The zero-order valence-electron chi connectivity index (χ0n) is 18.4. The molecule has 0 bridgehead atoms. The molecular formula is C27H23N3O3. The van der Waals surface area contributed by atoms with E-state index in [2.05, 4.69) is 41.6 Å². The van der Waals surface area contributed by atoms with Crippen LogP contribution in [-0.2, 0) is 16.1 Å². The second-order valence-corrected chi connectivity index (χ2v) is 8.52. The van der Waals surface area contributed by atoms with Gasteiger partial charge in [-0.05, 0) is 66.9 Å². The Morgan fingerprint density at radius 2 is 1.70 bits per heavy atom. The Morgan fingerprint density at radius 3 is 2.48 bits per heavy atom. The zero-order chi connectivity index (χ0) is 22.5. The number of Topliss-reactive ketones (excluding diaryl/α,β-unsaturated/α-hetero) is 1. The Bertz CT molecular complexity index is 1440. The number of para-hydroxylation sites is 1. The van der Waals surface area contributed by atoms with Gasteiger partial charge >= 0.3 is 0 Å². The van der Waals surface area contributed by atoms with Gasteiger partial charge in [0.1, 0.15) is 18.1 Å². The van der Waals surface area contributed by atoms with Crippen molar-refractivity contribution in [2.24, 2.45) is 0 Å². The number of benzene rings is 3. The molecule has 0 aliphatic carbocycles. The molecule has 0 fully saturated rings. The third kappa shape index (κ3) is 3.31. The molecule has 0 spiro atoms. The molecule has 2 aliphatic heterocycles. The summed E-state index contributed by atoms with van der Waals surface area (Å²) in [5.74, 6) is 1.20. The number of ketones is 1. The van der Waals surface area contributed by atoms with Crippen LogP contribution in [0.2, 0.25) is 0 Å². The van der Waals surface area contributed by atoms with E-state index in [-0.39, 0.29) is 5.78 Å². The SMILES string of the molecule is Cc1cc2c(cc1C)NC1=C(N2)O[C@@H](c2c[nH]c3ccc(COc4ccccc4)cc23)C1=O. The fourth-order valence-corrected chi connectivity index (χ4v) is 4.35. The molecule has 1 atom stereocenters. The monoisotopic (exact) mass is 437 g/mol. The predicted octanol–water partition coefficient (Wildman–Crippen LogP) is 5.71. The maximum atomic E-state index is 13.3. The van der Waals surface area contributed by atoms with Crippen molar-refractivity contribution in [1.29, 1.82) is 0 Å². The van der Waals surface area contributed by atoms with Crippen LogP contribution in [0.4, 0.5) is 11.4 Å². The lowest BCUT2D eigenvalue weighted by molar-refractivity contribution is -0.121. The van der Waals surface area contributed by atoms with Crippen LogP contribution in [0.3, 0.4) is 0 Å². The first-order valence-electron chi connectivity index (χ1n) is 10.9. The summed E-state index contributed by atoms with van der Waals surface area (Å²) in [6.45, 7) is 4.56. The summed E-state index contributed by atoms with van der Waals surface area (Å²) in [6.07, 6.45) is 1.14. The highest BCUT2D eigenvalue weighted by Gasteiger charge is 2.40. The number of hydrogen-bond donors (Lipinski definition) is 3. The van der Waals surface area contributed by atoms with E-state index in [1.54, 1.807) is 0 Å². The lowest BCUT2D eigenvalue weighted by Gasteiger charge is -2.21. The van der Waals surface area contributed by atoms with Crippen molar-refractivity contribution in [3.05, 3.63) is 101 Å². The van der Waals surface area contributed by atoms with Crippen LogP contribution in [0.15, 0.2) is 78.4 Å². The van der Waals surface area contributed by atoms with E-state index in [9.17, 15) is 4.79 Å². The Balaban J connectivity index is 1.27. The maximum absolute atomic E-state index is 13.3. The van der Waals surface area contributed by atoms with Crippen molar-refractivity contribution < 1.29 is 14.3 Å². The van der Waals surface area contributed by atoms with Gasteiger partial charge in [0.05, 0.1) is 11.4 Å². The molecular weight excluding hydrogens is 414 g/mol. The highest BCUT2D eigenvalue weighted by atomic mass is 16.5. The number of hydrogen-bond acceptors (Lipinski definition) is 5. The molecule has 0 amide bonds.